The van der Waals surface area contributed by atoms with Crippen LogP contribution in [0.4, 0.5) is 10.1 Å². The van der Waals surface area contributed by atoms with Crippen LogP contribution in [0.5, 0.6) is 0 Å². The molecule has 0 bridgehead atoms. The number of anilines is 1. The van der Waals surface area contributed by atoms with Gasteiger partial charge in [0.25, 0.3) is 0 Å². The van der Waals surface area contributed by atoms with E-state index in [2.05, 4.69) is 0 Å². The lowest BCUT2D eigenvalue weighted by molar-refractivity contribution is -0.130. The maximum absolute atomic E-state index is 13.4. The van der Waals surface area contributed by atoms with E-state index >= 15 is 0 Å². The normalized spacial score (nSPS) is 13.8. The number of carbonyl (C=O) groups is 2. The number of amides is 2. The van der Waals surface area contributed by atoms with E-state index in [0.717, 1.165) is 16.1 Å². The van der Waals surface area contributed by atoms with Crippen molar-refractivity contribution < 1.29 is 14.0 Å². The van der Waals surface area contributed by atoms with Crippen LogP contribution in [0.25, 0.3) is 0 Å². The Kier molecular flexibility index (Phi) is 4.94. The molecule has 6 heteroatoms. The van der Waals surface area contributed by atoms with E-state index in [1.54, 1.807) is 34.3 Å². The summed E-state index contributed by atoms with van der Waals surface area (Å²) in [6, 6.07) is 8.41. The third kappa shape index (κ3) is 3.64. The molecule has 24 heavy (non-hydrogen) atoms. The predicted molar refractivity (Wildman–Crippen MR) is 92.5 cm³/mol. The second-order valence-electron chi connectivity index (χ2n) is 5.90. The van der Waals surface area contributed by atoms with Crippen molar-refractivity contribution in [3.05, 3.63) is 52.0 Å². The monoisotopic (exact) mass is 346 g/mol. The molecule has 0 spiro atoms. The zero-order valence-corrected chi connectivity index (χ0v) is 14.3. The Morgan fingerprint density at radius 2 is 2.17 bits per heavy atom. The Balaban J connectivity index is 1.63. The minimum absolute atomic E-state index is 0.00886. The van der Waals surface area contributed by atoms with Crippen LogP contribution in [0.1, 0.15) is 23.3 Å². The van der Waals surface area contributed by atoms with Gasteiger partial charge >= 0.3 is 0 Å². The van der Waals surface area contributed by atoms with Crippen LogP contribution in [0.15, 0.2) is 35.7 Å². The van der Waals surface area contributed by atoms with Crippen molar-refractivity contribution in [3.63, 3.8) is 0 Å². The van der Waals surface area contributed by atoms with Gasteiger partial charge in [-0.3, -0.25) is 9.59 Å². The minimum atomic E-state index is -0.296. The lowest BCUT2D eigenvalue weighted by Gasteiger charge is -2.30. The first-order valence-corrected chi connectivity index (χ1v) is 8.77. The molecule has 0 saturated heterocycles. The Labute approximate surface area is 144 Å². The quantitative estimate of drug-likeness (QED) is 0.834. The molecule has 0 saturated carbocycles. The molecule has 1 aliphatic rings. The Bertz CT molecular complexity index is 745. The number of fused-ring (bicyclic) bond motifs is 1. The standard InChI is InChI=1S/C18H19FN2O2S/c1-20(12-15-3-2-10-24-15)17(22)8-9-21-16-6-5-14(19)11-13(16)4-7-18(21)23/h2-3,5-6,10-11H,4,7-9,12H2,1H3. The topological polar surface area (TPSA) is 40.6 Å². The number of carbonyl (C=O) groups excluding carboxylic acids is 2. The predicted octanol–water partition coefficient (Wildman–Crippen LogP) is 3.22. The van der Waals surface area contributed by atoms with Crippen LogP contribution in [-0.4, -0.2) is 30.3 Å². The van der Waals surface area contributed by atoms with Crippen molar-refractivity contribution in [1.82, 2.24) is 4.90 Å². The highest BCUT2D eigenvalue weighted by atomic mass is 32.1. The number of thiophene rings is 1. The van der Waals surface area contributed by atoms with E-state index in [1.165, 1.54) is 12.1 Å². The van der Waals surface area contributed by atoms with Gasteiger partial charge in [-0.15, -0.1) is 11.3 Å². The summed E-state index contributed by atoms with van der Waals surface area (Å²) >= 11 is 1.61. The first kappa shape index (κ1) is 16.6. The van der Waals surface area contributed by atoms with Crippen LogP contribution in [0.3, 0.4) is 0 Å². The molecule has 1 aromatic carbocycles. The van der Waals surface area contributed by atoms with Crippen molar-refractivity contribution in [2.75, 3.05) is 18.5 Å². The van der Waals surface area contributed by atoms with Crippen LogP contribution in [0.2, 0.25) is 0 Å². The maximum atomic E-state index is 13.4. The fraction of sp³-hybridized carbons (Fsp3) is 0.333. The first-order chi connectivity index (χ1) is 11.5. The molecule has 0 N–H and O–H groups in total. The molecule has 4 nitrogen and oxygen atoms in total. The average Bonchev–Trinajstić information content (AvgIpc) is 3.06. The van der Waals surface area contributed by atoms with Gasteiger partial charge < -0.3 is 9.80 Å². The Morgan fingerprint density at radius 1 is 1.33 bits per heavy atom. The molecule has 0 unspecified atom stereocenters. The van der Waals surface area contributed by atoms with Gasteiger partial charge in [0.05, 0.1) is 6.54 Å². The molecule has 0 atom stereocenters. The molecule has 2 aromatic rings. The lowest BCUT2D eigenvalue weighted by Crippen LogP contribution is -2.38. The summed E-state index contributed by atoms with van der Waals surface area (Å²) in [5.74, 6) is -0.317. The van der Waals surface area contributed by atoms with Gasteiger partial charge in [-0.1, -0.05) is 6.07 Å². The number of halogens is 1. The van der Waals surface area contributed by atoms with Gasteiger partial charge in [0.2, 0.25) is 11.8 Å². The molecule has 2 amide bonds. The molecule has 0 aliphatic carbocycles. The first-order valence-electron chi connectivity index (χ1n) is 7.90. The minimum Gasteiger partial charge on any atom is -0.341 e. The summed E-state index contributed by atoms with van der Waals surface area (Å²) in [6.45, 7) is 0.900. The zero-order valence-electron chi connectivity index (χ0n) is 13.5. The zero-order chi connectivity index (χ0) is 17.1. The number of rotatable bonds is 5. The summed E-state index contributed by atoms with van der Waals surface area (Å²) in [5, 5.41) is 1.98. The van der Waals surface area contributed by atoms with Crippen LogP contribution >= 0.6 is 11.3 Å². The summed E-state index contributed by atoms with van der Waals surface area (Å²) in [4.78, 5) is 28.9. The molecule has 2 heterocycles. The van der Waals surface area contributed by atoms with Gasteiger partial charge in [-0.2, -0.15) is 0 Å². The number of aryl methyl sites for hydroxylation is 1. The second-order valence-corrected chi connectivity index (χ2v) is 6.93. The molecule has 3 rings (SSSR count). The van der Waals surface area contributed by atoms with Gasteiger partial charge in [0.1, 0.15) is 5.82 Å². The van der Waals surface area contributed by atoms with Crippen molar-refractivity contribution in [3.8, 4) is 0 Å². The van der Waals surface area contributed by atoms with E-state index in [-0.39, 0.29) is 24.1 Å². The molecule has 0 radical (unpaired) electrons. The molecule has 0 fully saturated rings. The van der Waals surface area contributed by atoms with Gasteiger partial charge in [-0.25, -0.2) is 4.39 Å². The van der Waals surface area contributed by atoms with Crippen molar-refractivity contribution in [2.24, 2.45) is 0 Å². The fourth-order valence-corrected chi connectivity index (χ4v) is 3.65. The van der Waals surface area contributed by atoms with Crippen LogP contribution in [0, 0.1) is 5.82 Å². The smallest absolute Gasteiger partial charge is 0.227 e. The van der Waals surface area contributed by atoms with Crippen molar-refractivity contribution in [1.29, 1.82) is 0 Å². The van der Waals surface area contributed by atoms with Gasteiger partial charge in [0.15, 0.2) is 0 Å². The highest BCUT2D eigenvalue weighted by Crippen LogP contribution is 2.28. The Morgan fingerprint density at radius 3 is 2.92 bits per heavy atom. The largest absolute Gasteiger partial charge is 0.341 e. The molecular formula is C18H19FN2O2S. The number of hydrogen-bond acceptors (Lipinski definition) is 3. The third-order valence-corrected chi connectivity index (χ3v) is 5.05. The second kappa shape index (κ2) is 7.13. The number of hydrogen-bond donors (Lipinski definition) is 0. The van der Waals surface area contributed by atoms with Crippen LogP contribution in [-0.2, 0) is 22.6 Å². The van der Waals surface area contributed by atoms with Gasteiger partial charge in [0, 0.05) is 37.0 Å². The summed E-state index contributed by atoms with van der Waals surface area (Å²) in [5.41, 5.74) is 1.55. The Hall–Kier alpha value is -2.21. The number of nitrogens with zero attached hydrogens (tertiary/aromatic N) is 2. The van der Waals surface area contributed by atoms with E-state index in [4.69, 9.17) is 0 Å². The fourth-order valence-electron chi connectivity index (χ4n) is 2.90. The SMILES string of the molecule is CN(Cc1cccs1)C(=O)CCN1C(=O)CCc2cc(F)ccc21. The number of benzene rings is 1. The van der Waals surface area contributed by atoms with E-state index < -0.39 is 0 Å². The summed E-state index contributed by atoms with van der Waals surface area (Å²) < 4.78 is 13.4. The lowest BCUT2D eigenvalue weighted by atomic mass is 10.0. The highest BCUT2D eigenvalue weighted by Gasteiger charge is 2.25. The molecular weight excluding hydrogens is 327 g/mol. The van der Waals surface area contributed by atoms with Gasteiger partial charge in [-0.05, 0) is 41.6 Å². The summed E-state index contributed by atoms with van der Waals surface area (Å²) in [6.07, 6.45) is 1.16. The highest BCUT2D eigenvalue weighted by molar-refractivity contribution is 7.09. The van der Waals surface area contributed by atoms with E-state index in [0.29, 0.717) is 25.9 Å². The molecule has 126 valence electrons. The third-order valence-electron chi connectivity index (χ3n) is 4.19. The molecule has 1 aliphatic heterocycles. The average molecular weight is 346 g/mol. The van der Waals surface area contributed by atoms with Crippen molar-refractivity contribution >= 4 is 28.8 Å². The van der Waals surface area contributed by atoms with Crippen molar-refractivity contribution in [2.45, 2.75) is 25.8 Å². The summed E-state index contributed by atoms with van der Waals surface area (Å²) in [7, 11) is 1.77. The van der Waals surface area contributed by atoms with E-state index in [9.17, 15) is 14.0 Å². The maximum Gasteiger partial charge on any atom is 0.227 e. The molecule has 1 aromatic heterocycles. The van der Waals surface area contributed by atoms with Crippen LogP contribution < -0.4 is 4.90 Å². The van der Waals surface area contributed by atoms with E-state index in [1.807, 2.05) is 17.5 Å².